The first-order chi connectivity index (χ1) is 24.2. The Morgan fingerprint density at radius 2 is 1.74 bits per heavy atom. The second-order valence-corrected chi connectivity index (χ2v) is 13.1. The molecule has 2 aromatic heterocycles. The topological polar surface area (TPSA) is 129 Å². The molecular weight excluding hydrogens is 685 g/mol. The number of carbonyl (C=O) groups excluding carboxylic acids is 2. The minimum Gasteiger partial charge on any atom is -0.495 e. The zero-order chi connectivity index (χ0) is 35.4. The number of morpholine rings is 1. The van der Waals surface area contributed by atoms with Crippen molar-refractivity contribution >= 4 is 64.1 Å². The molecule has 0 aliphatic carbocycles. The van der Waals surface area contributed by atoms with Gasteiger partial charge in [0, 0.05) is 62.7 Å². The second-order valence-electron chi connectivity index (χ2n) is 12.4. The number of amides is 3. The van der Waals surface area contributed by atoms with Crippen molar-refractivity contribution in [3.63, 3.8) is 0 Å². The first-order valence-corrected chi connectivity index (χ1v) is 17.2. The number of likely N-dealkylation sites (N-methyl/N-ethyl adjacent to an activating group) is 1. The number of rotatable bonds is 10. The Morgan fingerprint density at radius 3 is 2.36 bits per heavy atom. The van der Waals surface area contributed by atoms with Crippen molar-refractivity contribution in [3.05, 3.63) is 58.4 Å². The Balaban J connectivity index is 1.30. The van der Waals surface area contributed by atoms with Crippen LogP contribution in [-0.2, 0) is 16.1 Å². The van der Waals surface area contributed by atoms with E-state index in [9.17, 15) is 9.59 Å². The van der Waals surface area contributed by atoms with Gasteiger partial charge in [-0.15, -0.1) is 0 Å². The highest BCUT2D eigenvalue weighted by Gasteiger charge is 2.41. The maximum absolute atomic E-state index is 14.6. The molecule has 0 unspecified atom stereocenters. The van der Waals surface area contributed by atoms with Crippen molar-refractivity contribution < 1.29 is 23.8 Å². The first kappa shape index (κ1) is 35.5. The molecule has 0 radical (unpaired) electrons. The van der Waals surface area contributed by atoms with E-state index < -0.39 is 0 Å². The number of hydrogen-bond acceptors (Lipinski definition) is 11. The standard InChI is InChI=1S/C34H41Cl2N9O5/c1-41(2)11-5-6-28(46)43-12-9-23(10-13-43)45-32-22(21-44(34(45)47)31-29(35)25(48-3)18-26(49-4)30(31)36)19-38-33(40-32)39-27-8-7-24(20-37-27)42-14-16-50-17-15-42/h5-8,18-20,23H,9-17,21H2,1-4H3,(H,37,38,39,40)/b6-5+. The molecule has 3 aliphatic rings. The van der Waals surface area contributed by atoms with Gasteiger partial charge in [-0.05, 0) is 39.1 Å². The minimum atomic E-state index is -0.370. The van der Waals surface area contributed by atoms with Gasteiger partial charge in [-0.2, -0.15) is 4.98 Å². The molecule has 266 valence electrons. The van der Waals surface area contributed by atoms with Crippen molar-refractivity contribution in [1.29, 1.82) is 0 Å². The molecule has 3 aliphatic heterocycles. The lowest BCUT2D eigenvalue weighted by atomic mass is 10.0. The molecular formula is C34H41Cl2N9O5. The van der Waals surface area contributed by atoms with Crippen LogP contribution in [0.4, 0.5) is 33.8 Å². The maximum Gasteiger partial charge on any atom is 0.330 e. The summed E-state index contributed by atoms with van der Waals surface area (Å²) in [6.07, 6.45) is 8.02. The normalized spacial score (nSPS) is 17.1. The molecule has 3 aromatic rings. The van der Waals surface area contributed by atoms with Crippen LogP contribution in [0.5, 0.6) is 11.5 Å². The largest absolute Gasteiger partial charge is 0.495 e. The van der Waals surface area contributed by atoms with E-state index in [-0.39, 0.29) is 40.3 Å². The van der Waals surface area contributed by atoms with E-state index in [1.165, 1.54) is 19.1 Å². The molecule has 5 heterocycles. The highest BCUT2D eigenvalue weighted by atomic mass is 35.5. The van der Waals surface area contributed by atoms with Gasteiger partial charge in [-0.1, -0.05) is 29.3 Å². The Kier molecular flexibility index (Phi) is 11.1. The zero-order valence-corrected chi connectivity index (χ0v) is 30.1. The van der Waals surface area contributed by atoms with Gasteiger partial charge in [0.05, 0.1) is 51.5 Å². The van der Waals surface area contributed by atoms with Crippen LogP contribution in [0.3, 0.4) is 0 Å². The Hall–Kier alpha value is -4.37. The fourth-order valence-electron chi connectivity index (χ4n) is 6.25. The third-order valence-corrected chi connectivity index (χ3v) is 9.62. The number of aromatic nitrogens is 3. The molecule has 3 amide bonds. The van der Waals surface area contributed by atoms with E-state index in [1.54, 1.807) is 34.3 Å². The second kappa shape index (κ2) is 15.7. The summed E-state index contributed by atoms with van der Waals surface area (Å²) >= 11 is 13.6. The molecule has 2 fully saturated rings. The van der Waals surface area contributed by atoms with E-state index in [4.69, 9.17) is 42.4 Å². The highest BCUT2D eigenvalue weighted by molar-refractivity contribution is 6.42. The Labute approximate surface area is 301 Å². The van der Waals surface area contributed by atoms with Gasteiger partial charge in [0.1, 0.15) is 33.2 Å². The predicted molar refractivity (Wildman–Crippen MR) is 194 cm³/mol. The van der Waals surface area contributed by atoms with E-state index in [1.807, 2.05) is 37.2 Å². The van der Waals surface area contributed by atoms with Gasteiger partial charge in [0.15, 0.2) is 0 Å². The first-order valence-electron chi connectivity index (χ1n) is 16.4. The molecule has 0 bridgehead atoms. The lowest BCUT2D eigenvalue weighted by Crippen LogP contribution is -2.55. The van der Waals surface area contributed by atoms with Crippen molar-refractivity contribution in [2.45, 2.75) is 25.4 Å². The molecule has 14 nitrogen and oxygen atoms in total. The number of benzene rings is 1. The van der Waals surface area contributed by atoms with Gasteiger partial charge in [-0.3, -0.25) is 14.6 Å². The van der Waals surface area contributed by atoms with Crippen LogP contribution in [-0.4, -0.2) is 117 Å². The van der Waals surface area contributed by atoms with Crippen LogP contribution in [0.25, 0.3) is 0 Å². The molecule has 1 N–H and O–H groups in total. The average Bonchev–Trinajstić information content (AvgIpc) is 3.13. The molecule has 0 atom stereocenters. The van der Waals surface area contributed by atoms with Crippen LogP contribution in [0.2, 0.25) is 10.0 Å². The van der Waals surface area contributed by atoms with E-state index in [2.05, 4.69) is 20.2 Å². The summed E-state index contributed by atoms with van der Waals surface area (Å²) < 4.78 is 16.5. The van der Waals surface area contributed by atoms with Crippen molar-refractivity contribution in [2.75, 3.05) is 94.3 Å². The lowest BCUT2D eigenvalue weighted by Gasteiger charge is -2.43. The van der Waals surface area contributed by atoms with Crippen LogP contribution in [0.1, 0.15) is 18.4 Å². The average molecular weight is 727 g/mol. The minimum absolute atomic E-state index is 0.0553. The van der Waals surface area contributed by atoms with Gasteiger partial charge in [-0.25, -0.2) is 14.8 Å². The monoisotopic (exact) mass is 725 g/mol. The Bertz CT molecular complexity index is 1700. The number of piperidine rings is 1. The van der Waals surface area contributed by atoms with Crippen LogP contribution in [0, 0.1) is 0 Å². The summed E-state index contributed by atoms with van der Waals surface area (Å²) in [5, 5.41) is 3.54. The summed E-state index contributed by atoms with van der Waals surface area (Å²) in [5.74, 6) is 1.88. The van der Waals surface area contributed by atoms with E-state index in [0.717, 1.165) is 18.8 Å². The van der Waals surface area contributed by atoms with Crippen molar-refractivity contribution in [1.82, 2.24) is 24.8 Å². The van der Waals surface area contributed by atoms with Gasteiger partial charge in [0.2, 0.25) is 11.9 Å². The molecule has 6 rings (SSSR count). The number of hydrogen-bond donors (Lipinski definition) is 1. The summed E-state index contributed by atoms with van der Waals surface area (Å²) in [5.41, 5.74) is 1.95. The number of nitrogens with one attached hydrogen (secondary N) is 1. The summed E-state index contributed by atoms with van der Waals surface area (Å²) in [6, 6.07) is 4.80. The maximum atomic E-state index is 14.6. The molecule has 2 saturated heterocycles. The molecule has 50 heavy (non-hydrogen) atoms. The third kappa shape index (κ3) is 7.53. The summed E-state index contributed by atoms with van der Waals surface area (Å²) in [4.78, 5) is 50.8. The Morgan fingerprint density at radius 1 is 1.04 bits per heavy atom. The number of ether oxygens (including phenoxy) is 3. The summed E-state index contributed by atoms with van der Waals surface area (Å²) in [6.45, 7) is 4.69. The van der Waals surface area contributed by atoms with Crippen molar-refractivity contribution in [3.8, 4) is 11.5 Å². The van der Waals surface area contributed by atoms with E-state index in [0.29, 0.717) is 80.3 Å². The number of methoxy groups -OCH3 is 2. The number of pyridine rings is 1. The number of halogens is 2. The third-order valence-electron chi connectivity index (χ3n) is 8.89. The fourth-order valence-corrected chi connectivity index (χ4v) is 6.95. The predicted octanol–water partition coefficient (Wildman–Crippen LogP) is 4.83. The van der Waals surface area contributed by atoms with Gasteiger partial charge >= 0.3 is 6.03 Å². The molecule has 0 spiro atoms. The zero-order valence-electron chi connectivity index (χ0n) is 28.6. The number of anilines is 5. The van der Waals surface area contributed by atoms with Crippen molar-refractivity contribution in [2.24, 2.45) is 0 Å². The number of nitrogens with zero attached hydrogens (tertiary/aromatic N) is 8. The SMILES string of the molecule is COc1cc(OC)c(Cl)c(N2Cc3cnc(Nc4ccc(N5CCOCC5)cn4)nc3N(C3CCN(C(=O)/C=C/CN(C)C)CC3)C2=O)c1Cl. The number of urea groups is 1. The number of carbonyl (C=O) groups is 2. The molecule has 0 saturated carbocycles. The quantitative estimate of drug-likeness (QED) is 0.289. The number of likely N-dealkylation sites (tertiary alicyclic amines) is 1. The smallest absolute Gasteiger partial charge is 0.330 e. The van der Waals surface area contributed by atoms with Crippen LogP contribution < -0.4 is 29.5 Å². The van der Waals surface area contributed by atoms with Gasteiger partial charge in [0.25, 0.3) is 0 Å². The van der Waals surface area contributed by atoms with Crippen LogP contribution in [0.15, 0.2) is 42.7 Å². The number of fused-ring (bicyclic) bond motifs is 1. The van der Waals surface area contributed by atoms with E-state index >= 15 is 0 Å². The summed E-state index contributed by atoms with van der Waals surface area (Å²) in [7, 11) is 6.86. The molecule has 1 aromatic carbocycles. The van der Waals surface area contributed by atoms with Crippen LogP contribution >= 0.6 is 23.2 Å². The highest BCUT2D eigenvalue weighted by Crippen LogP contribution is 2.48. The van der Waals surface area contributed by atoms with Gasteiger partial charge < -0.3 is 34.2 Å². The fraction of sp³-hybridized carbons (Fsp3) is 0.441. The lowest BCUT2D eigenvalue weighted by molar-refractivity contribution is -0.127. The molecule has 16 heteroatoms.